The first-order valence-electron chi connectivity index (χ1n) is 6.99. The first kappa shape index (κ1) is 18.3. The van der Waals surface area contributed by atoms with Crippen LogP contribution in [0.15, 0.2) is 35.2 Å². The number of hydrogen-bond donors (Lipinski definition) is 1. The smallest absolute Gasteiger partial charge is 0.257 e. The van der Waals surface area contributed by atoms with Crippen LogP contribution in [0.3, 0.4) is 0 Å². The lowest BCUT2D eigenvalue weighted by Gasteiger charge is -2.15. The number of carbonyl (C=O) groups excluding carboxylic acids is 1. The summed E-state index contributed by atoms with van der Waals surface area (Å²) in [5.41, 5.74) is 0.914. The zero-order chi connectivity index (χ0) is 17.7. The molecule has 0 radical (unpaired) electrons. The number of ether oxygens (including phenoxy) is 3. The lowest BCUT2D eigenvalue weighted by Crippen LogP contribution is -2.13. The van der Waals surface area contributed by atoms with Crippen molar-refractivity contribution in [3.8, 4) is 17.2 Å². The van der Waals surface area contributed by atoms with E-state index in [2.05, 4.69) is 5.32 Å². The normalized spacial score (nSPS) is 10.2. The van der Waals surface area contributed by atoms with Crippen LogP contribution in [0.4, 0.5) is 5.69 Å². The highest BCUT2D eigenvalue weighted by molar-refractivity contribution is 7.98. The van der Waals surface area contributed by atoms with Crippen LogP contribution in [0.2, 0.25) is 5.02 Å². The highest BCUT2D eigenvalue weighted by Gasteiger charge is 2.16. The highest BCUT2D eigenvalue weighted by Crippen LogP contribution is 2.40. The van der Waals surface area contributed by atoms with Crippen molar-refractivity contribution in [2.75, 3.05) is 32.9 Å². The standard InChI is InChI=1S/C17H18ClNO4S/c1-21-14-7-10(8-15(22-2)16(14)23-3)19-17(20)12-9-11(24-4)5-6-13(12)18/h5-9H,1-4H3,(H,19,20). The van der Waals surface area contributed by atoms with Gasteiger partial charge in [-0.3, -0.25) is 4.79 Å². The van der Waals surface area contributed by atoms with E-state index in [1.807, 2.05) is 12.3 Å². The molecule has 5 nitrogen and oxygen atoms in total. The SMILES string of the molecule is COc1cc(NC(=O)c2cc(SC)ccc2Cl)cc(OC)c1OC. The number of anilines is 1. The molecule has 0 aromatic heterocycles. The maximum absolute atomic E-state index is 12.5. The van der Waals surface area contributed by atoms with E-state index in [0.29, 0.717) is 33.5 Å². The molecule has 0 heterocycles. The maximum Gasteiger partial charge on any atom is 0.257 e. The van der Waals surface area contributed by atoms with Crippen molar-refractivity contribution in [2.24, 2.45) is 0 Å². The minimum absolute atomic E-state index is 0.315. The largest absolute Gasteiger partial charge is 0.493 e. The number of benzene rings is 2. The summed E-state index contributed by atoms with van der Waals surface area (Å²) in [5.74, 6) is 1.05. The Labute approximate surface area is 150 Å². The summed E-state index contributed by atoms with van der Waals surface area (Å²) in [6.45, 7) is 0. The first-order chi connectivity index (χ1) is 11.5. The summed E-state index contributed by atoms with van der Waals surface area (Å²) in [4.78, 5) is 13.5. The second-order valence-corrected chi connectivity index (χ2v) is 6.00. The van der Waals surface area contributed by atoms with Crippen molar-refractivity contribution in [2.45, 2.75) is 4.90 Å². The van der Waals surface area contributed by atoms with Crippen LogP contribution >= 0.6 is 23.4 Å². The average molecular weight is 368 g/mol. The van der Waals surface area contributed by atoms with Gasteiger partial charge in [-0.2, -0.15) is 0 Å². The number of rotatable bonds is 6. The van der Waals surface area contributed by atoms with Crippen molar-refractivity contribution in [1.29, 1.82) is 0 Å². The number of halogens is 1. The number of methoxy groups -OCH3 is 3. The summed E-state index contributed by atoms with van der Waals surface area (Å²) in [6.07, 6.45) is 1.93. The van der Waals surface area contributed by atoms with E-state index in [9.17, 15) is 4.79 Å². The first-order valence-corrected chi connectivity index (χ1v) is 8.59. The Balaban J connectivity index is 2.35. The fraction of sp³-hybridized carbons (Fsp3) is 0.235. The van der Waals surface area contributed by atoms with Crippen LogP contribution in [0.25, 0.3) is 0 Å². The van der Waals surface area contributed by atoms with E-state index in [0.717, 1.165) is 4.90 Å². The molecule has 0 aliphatic rings. The molecule has 1 amide bonds. The molecule has 0 bridgehead atoms. The van der Waals surface area contributed by atoms with Crippen molar-refractivity contribution in [3.63, 3.8) is 0 Å². The topological polar surface area (TPSA) is 56.8 Å². The number of thioether (sulfide) groups is 1. The third-order valence-corrected chi connectivity index (χ3v) is 4.40. The molecule has 2 aromatic carbocycles. The molecule has 24 heavy (non-hydrogen) atoms. The van der Waals surface area contributed by atoms with Crippen LogP contribution in [-0.4, -0.2) is 33.5 Å². The molecule has 0 fully saturated rings. The van der Waals surface area contributed by atoms with E-state index in [1.54, 1.807) is 24.3 Å². The fourth-order valence-electron chi connectivity index (χ4n) is 2.16. The lowest BCUT2D eigenvalue weighted by molar-refractivity contribution is 0.102. The molecule has 0 aliphatic carbocycles. The van der Waals surface area contributed by atoms with Gasteiger partial charge in [0.1, 0.15) is 0 Å². The molecule has 7 heteroatoms. The van der Waals surface area contributed by atoms with Crippen LogP contribution < -0.4 is 19.5 Å². The van der Waals surface area contributed by atoms with Gasteiger partial charge in [0.05, 0.1) is 31.9 Å². The van der Waals surface area contributed by atoms with Crippen molar-refractivity contribution < 1.29 is 19.0 Å². The minimum Gasteiger partial charge on any atom is -0.493 e. The van der Waals surface area contributed by atoms with Crippen LogP contribution in [0.1, 0.15) is 10.4 Å². The average Bonchev–Trinajstić information content (AvgIpc) is 2.60. The Morgan fingerprint density at radius 1 is 1.04 bits per heavy atom. The van der Waals surface area contributed by atoms with Gasteiger partial charge < -0.3 is 19.5 Å². The molecular formula is C17H18ClNO4S. The predicted molar refractivity (Wildman–Crippen MR) is 97.3 cm³/mol. The highest BCUT2D eigenvalue weighted by atomic mass is 35.5. The molecule has 0 aliphatic heterocycles. The van der Waals surface area contributed by atoms with E-state index in [4.69, 9.17) is 25.8 Å². The van der Waals surface area contributed by atoms with Gasteiger partial charge in [0, 0.05) is 22.7 Å². The second-order valence-electron chi connectivity index (χ2n) is 4.71. The van der Waals surface area contributed by atoms with E-state index >= 15 is 0 Å². The number of hydrogen-bond acceptors (Lipinski definition) is 5. The van der Waals surface area contributed by atoms with E-state index in [1.165, 1.54) is 33.1 Å². The summed E-state index contributed by atoms with van der Waals surface area (Å²) in [6, 6.07) is 8.64. The molecule has 0 unspecified atom stereocenters. The molecular weight excluding hydrogens is 350 g/mol. The molecule has 0 saturated heterocycles. The monoisotopic (exact) mass is 367 g/mol. The van der Waals surface area contributed by atoms with Crippen LogP contribution in [-0.2, 0) is 0 Å². The molecule has 2 rings (SSSR count). The Morgan fingerprint density at radius 3 is 2.17 bits per heavy atom. The fourth-order valence-corrected chi connectivity index (χ4v) is 2.80. The third-order valence-electron chi connectivity index (χ3n) is 3.34. The van der Waals surface area contributed by atoms with E-state index in [-0.39, 0.29) is 5.91 Å². The van der Waals surface area contributed by atoms with Crippen molar-refractivity contribution in [3.05, 3.63) is 40.9 Å². The van der Waals surface area contributed by atoms with Crippen LogP contribution in [0, 0.1) is 0 Å². The lowest BCUT2D eigenvalue weighted by atomic mass is 10.2. The van der Waals surface area contributed by atoms with Gasteiger partial charge in [0.2, 0.25) is 5.75 Å². The van der Waals surface area contributed by atoms with Crippen molar-refractivity contribution >= 4 is 35.0 Å². The molecule has 0 saturated carbocycles. The van der Waals surface area contributed by atoms with Gasteiger partial charge in [0.25, 0.3) is 5.91 Å². The van der Waals surface area contributed by atoms with Gasteiger partial charge in [-0.25, -0.2) is 0 Å². The molecule has 1 N–H and O–H groups in total. The predicted octanol–water partition coefficient (Wildman–Crippen LogP) is 4.34. The number of carbonyl (C=O) groups is 1. The Morgan fingerprint density at radius 2 is 1.67 bits per heavy atom. The Kier molecular flexibility index (Phi) is 6.23. The molecule has 0 atom stereocenters. The third kappa shape index (κ3) is 3.88. The zero-order valence-corrected chi connectivity index (χ0v) is 15.4. The van der Waals surface area contributed by atoms with E-state index < -0.39 is 0 Å². The number of nitrogens with one attached hydrogen (secondary N) is 1. The number of amides is 1. The van der Waals surface area contributed by atoms with Gasteiger partial charge in [-0.05, 0) is 24.5 Å². The summed E-state index contributed by atoms with van der Waals surface area (Å²) in [7, 11) is 4.55. The van der Waals surface area contributed by atoms with Gasteiger partial charge in [-0.15, -0.1) is 11.8 Å². The molecule has 128 valence electrons. The molecule has 0 spiro atoms. The van der Waals surface area contributed by atoms with Gasteiger partial charge in [0.15, 0.2) is 11.5 Å². The molecule has 2 aromatic rings. The Hall–Kier alpha value is -2.05. The quantitative estimate of drug-likeness (QED) is 0.769. The Bertz CT molecular complexity index is 726. The van der Waals surface area contributed by atoms with Crippen LogP contribution in [0.5, 0.6) is 17.2 Å². The summed E-state index contributed by atoms with van der Waals surface area (Å²) < 4.78 is 15.8. The minimum atomic E-state index is -0.315. The summed E-state index contributed by atoms with van der Waals surface area (Å²) in [5, 5.41) is 3.19. The van der Waals surface area contributed by atoms with Gasteiger partial charge in [-0.1, -0.05) is 11.6 Å². The zero-order valence-electron chi connectivity index (χ0n) is 13.8. The maximum atomic E-state index is 12.5. The van der Waals surface area contributed by atoms with Crippen molar-refractivity contribution in [1.82, 2.24) is 0 Å². The second kappa shape index (κ2) is 8.17. The summed E-state index contributed by atoms with van der Waals surface area (Å²) >= 11 is 7.68. The van der Waals surface area contributed by atoms with Gasteiger partial charge >= 0.3 is 0 Å².